The van der Waals surface area contributed by atoms with E-state index in [1.54, 1.807) is 12.4 Å². The summed E-state index contributed by atoms with van der Waals surface area (Å²) in [4.78, 5) is 11.7. The van der Waals surface area contributed by atoms with Crippen LogP contribution in [0, 0.1) is 0 Å². The van der Waals surface area contributed by atoms with Crippen LogP contribution in [0.2, 0.25) is 0 Å². The number of nitrogens with one attached hydrogen (secondary N) is 2. The molecule has 0 aliphatic heterocycles. The van der Waals surface area contributed by atoms with Crippen molar-refractivity contribution < 1.29 is 4.74 Å². The van der Waals surface area contributed by atoms with Crippen molar-refractivity contribution in [1.82, 2.24) is 15.0 Å². The highest BCUT2D eigenvalue weighted by molar-refractivity contribution is 5.50. The van der Waals surface area contributed by atoms with Crippen molar-refractivity contribution in [2.75, 3.05) is 11.9 Å². The fourth-order valence-electron chi connectivity index (χ4n) is 1.77. The number of aromatic amines is 1. The highest BCUT2D eigenvalue weighted by atomic mass is 16.5. The lowest BCUT2D eigenvalue weighted by Crippen LogP contribution is -2.13. The molecule has 18 heavy (non-hydrogen) atoms. The summed E-state index contributed by atoms with van der Waals surface area (Å²) in [5.41, 5.74) is 0. The van der Waals surface area contributed by atoms with Gasteiger partial charge in [-0.25, -0.2) is 9.97 Å². The maximum atomic E-state index is 5.54. The summed E-state index contributed by atoms with van der Waals surface area (Å²) in [5, 5.41) is 3.35. The van der Waals surface area contributed by atoms with Crippen LogP contribution in [0.25, 0.3) is 0 Å². The molecule has 5 heteroatoms. The lowest BCUT2D eigenvalue weighted by Gasteiger charge is -2.17. The predicted octanol–water partition coefficient (Wildman–Crippen LogP) is 2.77. The third-order valence-corrected chi connectivity index (χ3v) is 2.64. The zero-order chi connectivity index (χ0) is 12.8. The van der Waals surface area contributed by atoms with Crippen LogP contribution in [0.4, 0.5) is 5.82 Å². The third-order valence-electron chi connectivity index (χ3n) is 2.64. The van der Waals surface area contributed by atoms with Crippen molar-refractivity contribution in [2.24, 2.45) is 0 Å². The first kappa shape index (κ1) is 12.4. The Morgan fingerprint density at radius 3 is 2.89 bits per heavy atom. The Morgan fingerprint density at radius 1 is 1.33 bits per heavy atom. The van der Waals surface area contributed by atoms with E-state index in [1.165, 1.54) is 0 Å². The van der Waals surface area contributed by atoms with E-state index in [9.17, 15) is 0 Å². The molecule has 2 aromatic heterocycles. The Morgan fingerprint density at radius 2 is 2.22 bits per heavy atom. The van der Waals surface area contributed by atoms with E-state index in [4.69, 9.17) is 4.74 Å². The first-order chi connectivity index (χ1) is 8.85. The van der Waals surface area contributed by atoms with Crippen molar-refractivity contribution in [3.63, 3.8) is 0 Å². The fourth-order valence-corrected chi connectivity index (χ4v) is 1.77. The number of nitrogens with zero attached hydrogens (tertiary/aromatic N) is 2. The summed E-state index contributed by atoms with van der Waals surface area (Å²) in [6.45, 7) is 4.68. The van der Waals surface area contributed by atoms with Crippen LogP contribution in [0.5, 0.6) is 5.75 Å². The smallest absolute Gasteiger partial charge is 0.169 e. The maximum absolute atomic E-state index is 5.54. The standard InChI is InChI=1S/C13H18N4O/c1-3-10(12-15-8-9-16-12)17-13-11(18-4-2)6-5-7-14-13/h5-10H,3-4H2,1-2H3,(H,14,17)(H,15,16). The van der Waals surface area contributed by atoms with Gasteiger partial charge in [-0.05, 0) is 25.5 Å². The average molecular weight is 246 g/mol. The van der Waals surface area contributed by atoms with Gasteiger partial charge in [0.2, 0.25) is 0 Å². The van der Waals surface area contributed by atoms with E-state index in [-0.39, 0.29) is 6.04 Å². The molecule has 96 valence electrons. The average Bonchev–Trinajstić information content (AvgIpc) is 2.92. The molecule has 2 rings (SSSR count). The number of hydrogen-bond donors (Lipinski definition) is 2. The van der Waals surface area contributed by atoms with Crippen molar-refractivity contribution in [2.45, 2.75) is 26.3 Å². The summed E-state index contributed by atoms with van der Waals surface area (Å²) >= 11 is 0. The molecular weight excluding hydrogens is 228 g/mol. The molecule has 0 aromatic carbocycles. The Bertz CT molecular complexity index is 470. The van der Waals surface area contributed by atoms with Crippen molar-refractivity contribution >= 4 is 5.82 Å². The number of ether oxygens (including phenoxy) is 1. The van der Waals surface area contributed by atoms with Crippen molar-refractivity contribution in [3.8, 4) is 5.75 Å². The Balaban J connectivity index is 2.17. The molecule has 5 nitrogen and oxygen atoms in total. The SMILES string of the molecule is CCOc1cccnc1NC(CC)c1ncc[nH]1. The molecule has 0 bridgehead atoms. The van der Waals surface area contributed by atoms with E-state index in [0.29, 0.717) is 6.61 Å². The Hall–Kier alpha value is -2.04. The highest BCUT2D eigenvalue weighted by Crippen LogP contribution is 2.26. The molecule has 0 radical (unpaired) electrons. The summed E-state index contributed by atoms with van der Waals surface area (Å²) < 4.78 is 5.54. The Kier molecular flexibility index (Phi) is 4.17. The van der Waals surface area contributed by atoms with Gasteiger partial charge in [-0.3, -0.25) is 0 Å². The molecule has 0 saturated heterocycles. The number of anilines is 1. The van der Waals surface area contributed by atoms with Crippen LogP contribution in [-0.4, -0.2) is 21.6 Å². The van der Waals surface area contributed by atoms with Crippen LogP contribution in [0.15, 0.2) is 30.7 Å². The Labute approximate surface area is 107 Å². The monoisotopic (exact) mass is 246 g/mol. The van der Waals surface area contributed by atoms with Gasteiger partial charge < -0.3 is 15.0 Å². The molecule has 2 heterocycles. The third kappa shape index (κ3) is 2.80. The van der Waals surface area contributed by atoms with E-state index in [0.717, 1.165) is 23.8 Å². The summed E-state index contributed by atoms with van der Waals surface area (Å²) in [7, 11) is 0. The summed E-state index contributed by atoms with van der Waals surface area (Å²) in [6, 6.07) is 3.88. The number of pyridine rings is 1. The van der Waals surface area contributed by atoms with Crippen molar-refractivity contribution in [3.05, 3.63) is 36.5 Å². The van der Waals surface area contributed by atoms with Gasteiger partial charge in [-0.15, -0.1) is 0 Å². The van der Waals surface area contributed by atoms with Gasteiger partial charge in [0.1, 0.15) is 5.82 Å². The zero-order valence-electron chi connectivity index (χ0n) is 10.7. The molecule has 0 aliphatic carbocycles. The van der Waals surface area contributed by atoms with Crippen LogP contribution < -0.4 is 10.1 Å². The van der Waals surface area contributed by atoms with Crippen LogP contribution >= 0.6 is 0 Å². The first-order valence-corrected chi connectivity index (χ1v) is 6.18. The largest absolute Gasteiger partial charge is 0.490 e. The van der Waals surface area contributed by atoms with E-state index < -0.39 is 0 Å². The number of rotatable bonds is 6. The van der Waals surface area contributed by atoms with Gasteiger partial charge in [0.25, 0.3) is 0 Å². The van der Waals surface area contributed by atoms with Crippen LogP contribution in [-0.2, 0) is 0 Å². The zero-order valence-corrected chi connectivity index (χ0v) is 10.7. The fraction of sp³-hybridized carbons (Fsp3) is 0.385. The molecule has 0 spiro atoms. The van der Waals surface area contributed by atoms with Gasteiger partial charge in [-0.1, -0.05) is 6.92 Å². The summed E-state index contributed by atoms with van der Waals surface area (Å²) in [5.74, 6) is 2.43. The normalized spacial score (nSPS) is 12.1. The predicted molar refractivity (Wildman–Crippen MR) is 70.6 cm³/mol. The molecule has 0 aliphatic rings. The van der Waals surface area contributed by atoms with Gasteiger partial charge in [0, 0.05) is 18.6 Å². The number of hydrogen-bond acceptors (Lipinski definition) is 4. The van der Waals surface area contributed by atoms with Crippen molar-refractivity contribution in [1.29, 1.82) is 0 Å². The molecule has 0 saturated carbocycles. The van der Waals surface area contributed by atoms with E-state index in [1.807, 2.05) is 25.3 Å². The van der Waals surface area contributed by atoms with Gasteiger partial charge >= 0.3 is 0 Å². The topological polar surface area (TPSA) is 62.8 Å². The molecule has 0 fully saturated rings. The molecular formula is C13H18N4O. The molecule has 2 N–H and O–H groups in total. The van der Waals surface area contributed by atoms with Crippen LogP contribution in [0.1, 0.15) is 32.1 Å². The van der Waals surface area contributed by atoms with Gasteiger partial charge in [-0.2, -0.15) is 0 Å². The minimum Gasteiger partial charge on any atom is -0.490 e. The number of H-pyrrole nitrogens is 1. The first-order valence-electron chi connectivity index (χ1n) is 6.18. The molecule has 0 amide bonds. The quantitative estimate of drug-likeness (QED) is 0.822. The second kappa shape index (κ2) is 6.05. The van der Waals surface area contributed by atoms with Crippen LogP contribution in [0.3, 0.4) is 0 Å². The second-order valence-corrected chi connectivity index (χ2v) is 3.86. The highest BCUT2D eigenvalue weighted by Gasteiger charge is 2.14. The maximum Gasteiger partial charge on any atom is 0.169 e. The van der Waals surface area contributed by atoms with E-state index in [2.05, 4.69) is 27.2 Å². The van der Waals surface area contributed by atoms with Gasteiger partial charge in [0.05, 0.1) is 12.6 Å². The lowest BCUT2D eigenvalue weighted by molar-refractivity contribution is 0.340. The second-order valence-electron chi connectivity index (χ2n) is 3.86. The minimum absolute atomic E-state index is 0.106. The number of imidazole rings is 1. The summed E-state index contributed by atoms with van der Waals surface area (Å²) in [6.07, 6.45) is 6.23. The minimum atomic E-state index is 0.106. The van der Waals surface area contributed by atoms with E-state index >= 15 is 0 Å². The molecule has 1 atom stereocenters. The van der Waals surface area contributed by atoms with Gasteiger partial charge in [0.15, 0.2) is 11.6 Å². The molecule has 2 aromatic rings. The molecule has 1 unspecified atom stereocenters. The lowest BCUT2D eigenvalue weighted by atomic mass is 10.2. The number of aromatic nitrogens is 3.